The summed E-state index contributed by atoms with van der Waals surface area (Å²) in [6.45, 7) is 2.35. The molecule has 0 saturated carbocycles. The van der Waals surface area contributed by atoms with Crippen molar-refractivity contribution < 1.29 is 17.9 Å². The van der Waals surface area contributed by atoms with Gasteiger partial charge in [0.1, 0.15) is 5.82 Å². The second-order valence-corrected chi connectivity index (χ2v) is 5.03. The molecule has 2 aromatic heterocycles. The molecular weight excluding hydrogens is 309 g/mol. The van der Waals surface area contributed by atoms with Crippen LogP contribution in [-0.4, -0.2) is 34.7 Å². The summed E-state index contributed by atoms with van der Waals surface area (Å²) >= 11 is 0. The van der Waals surface area contributed by atoms with E-state index in [4.69, 9.17) is 4.74 Å². The highest BCUT2D eigenvalue weighted by Gasteiger charge is 2.34. The molecule has 0 aliphatic carbocycles. The highest BCUT2D eigenvalue weighted by molar-refractivity contribution is 5.56. The molecule has 0 amide bonds. The highest BCUT2D eigenvalue weighted by atomic mass is 19.4. The van der Waals surface area contributed by atoms with Gasteiger partial charge in [-0.05, 0) is 25.5 Å². The molecule has 0 saturated heterocycles. The smallest absolute Gasteiger partial charge is 0.385 e. The predicted octanol–water partition coefficient (Wildman–Crippen LogP) is 3.39. The van der Waals surface area contributed by atoms with Crippen molar-refractivity contribution >= 4 is 5.82 Å². The number of alkyl halides is 3. The van der Waals surface area contributed by atoms with E-state index in [1.807, 2.05) is 6.92 Å². The van der Waals surface area contributed by atoms with Crippen molar-refractivity contribution in [1.82, 2.24) is 15.0 Å². The lowest BCUT2D eigenvalue weighted by Gasteiger charge is -2.16. The maximum absolute atomic E-state index is 13.1. The lowest BCUT2D eigenvalue weighted by Crippen LogP contribution is -2.19. The Balaban J connectivity index is 2.34. The van der Waals surface area contributed by atoms with Crippen LogP contribution in [-0.2, 0) is 10.9 Å². The average Bonchev–Trinajstić information content (AvgIpc) is 2.52. The summed E-state index contributed by atoms with van der Waals surface area (Å²) in [5, 5.41) is 2.95. The van der Waals surface area contributed by atoms with E-state index in [1.165, 1.54) is 12.4 Å². The number of nitrogens with zero attached hydrogens (tertiary/aromatic N) is 3. The Hall–Kier alpha value is -2.22. The van der Waals surface area contributed by atoms with Crippen LogP contribution in [0.25, 0.3) is 11.4 Å². The Morgan fingerprint density at radius 2 is 2.09 bits per heavy atom. The van der Waals surface area contributed by atoms with Crippen LogP contribution in [0.15, 0.2) is 30.6 Å². The summed E-state index contributed by atoms with van der Waals surface area (Å²) < 4.78 is 44.1. The topological polar surface area (TPSA) is 59.9 Å². The fourth-order valence-corrected chi connectivity index (χ4v) is 1.91. The zero-order valence-electron chi connectivity index (χ0n) is 12.8. The van der Waals surface area contributed by atoms with Crippen LogP contribution in [0.1, 0.15) is 19.0 Å². The van der Waals surface area contributed by atoms with Gasteiger partial charge in [-0.15, -0.1) is 0 Å². The minimum Gasteiger partial charge on any atom is -0.385 e. The van der Waals surface area contributed by atoms with E-state index in [0.29, 0.717) is 18.6 Å². The van der Waals surface area contributed by atoms with E-state index in [9.17, 15) is 13.2 Å². The summed E-state index contributed by atoms with van der Waals surface area (Å²) in [5.74, 6) is 0.101. The first-order valence-corrected chi connectivity index (χ1v) is 7.02. The van der Waals surface area contributed by atoms with E-state index in [0.717, 1.165) is 6.07 Å². The first-order valence-electron chi connectivity index (χ1n) is 7.02. The normalized spacial score (nSPS) is 12.9. The Morgan fingerprint density at radius 3 is 2.70 bits per heavy atom. The average molecular weight is 326 g/mol. The van der Waals surface area contributed by atoms with E-state index in [-0.39, 0.29) is 17.7 Å². The Bertz CT molecular complexity index is 634. The molecule has 1 unspecified atom stereocenters. The number of anilines is 1. The second kappa shape index (κ2) is 7.36. The minimum atomic E-state index is -4.55. The van der Waals surface area contributed by atoms with E-state index in [2.05, 4.69) is 20.3 Å². The van der Waals surface area contributed by atoms with Gasteiger partial charge >= 0.3 is 6.18 Å². The fourth-order valence-electron chi connectivity index (χ4n) is 1.91. The van der Waals surface area contributed by atoms with Crippen molar-refractivity contribution in [2.24, 2.45) is 0 Å². The van der Waals surface area contributed by atoms with Crippen LogP contribution in [0.4, 0.5) is 19.0 Å². The molecule has 0 aliphatic rings. The van der Waals surface area contributed by atoms with E-state index in [1.54, 1.807) is 19.2 Å². The molecule has 8 heteroatoms. The van der Waals surface area contributed by atoms with Gasteiger partial charge in [0.2, 0.25) is 0 Å². The number of aromatic nitrogens is 3. The van der Waals surface area contributed by atoms with Crippen LogP contribution in [0.2, 0.25) is 0 Å². The quantitative estimate of drug-likeness (QED) is 0.882. The van der Waals surface area contributed by atoms with Crippen molar-refractivity contribution in [2.75, 3.05) is 19.0 Å². The number of rotatable bonds is 6. The van der Waals surface area contributed by atoms with Gasteiger partial charge in [-0.2, -0.15) is 13.2 Å². The first kappa shape index (κ1) is 17.1. The number of hydrogen-bond acceptors (Lipinski definition) is 5. The molecule has 0 aliphatic heterocycles. The number of halogens is 3. The van der Waals surface area contributed by atoms with Crippen LogP contribution in [0.5, 0.6) is 0 Å². The van der Waals surface area contributed by atoms with Crippen molar-refractivity contribution in [2.45, 2.75) is 25.6 Å². The third-order valence-corrected chi connectivity index (χ3v) is 3.09. The SMILES string of the molecule is COCCC(C)Nc1cc(C(F)(F)F)nc(-c2cccnc2)n1. The van der Waals surface area contributed by atoms with Crippen LogP contribution < -0.4 is 5.32 Å². The lowest BCUT2D eigenvalue weighted by atomic mass is 10.2. The molecule has 1 atom stereocenters. The molecule has 2 aromatic rings. The summed E-state index contributed by atoms with van der Waals surface area (Å²) in [6, 6.07) is 4.05. The third kappa shape index (κ3) is 4.88. The maximum Gasteiger partial charge on any atom is 0.433 e. The van der Waals surface area contributed by atoms with E-state index >= 15 is 0 Å². The molecule has 2 heterocycles. The maximum atomic E-state index is 13.1. The summed E-state index contributed by atoms with van der Waals surface area (Å²) in [4.78, 5) is 11.7. The monoisotopic (exact) mass is 326 g/mol. The van der Waals surface area contributed by atoms with Gasteiger partial charge in [-0.3, -0.25) is 4.98 Å². The standard InChI is InChI=1S/C15H17F3N4O/c1-10(5-7-23-2)20-13-8-12(15(16,17)18)21-14(22-13)11-4-3-6-19-9-11/h3-4,6,8-10H,5,7H2,1-2H3,(H,20,21,22). The van der Waals surface area contributed by atoms with Gasteiger partial charge in [-0.1, -0.05) is 0 Å². The minimum absolute atomic E-state index is 0.0191. The Labute approximate surface area is 131 Å². The fraction of sp³-hybridized carbons (Fsp3) is 0.400. The largest absolute Gasteiger partial charge is 0.433 e. The summed E-state index contributed by atoms with van der Waals surface area (Å²) in [7, 11) is 1.57. The second-order valence-electron chi connectivity index (χ2n) is 5.03. The zero-order chi connectivity index (χ0) is 16.9. The number of ether oxygens (including phenoxy) is 1. The molecule has 124 valence electrons. The predicted molar refractivity (Wildman–Crippen MR) is 79.8 cm³/mol. The molecule has 0 spiro atoms. The molecular formula is C15H17F3N4O. The van der Waals surface area contributed by atoms with E-state index < -0.39 is 11.9 Å². The Morgan fingerprint density at radius 1 is 1.30 bits per heavy atom. The highest BCUT2D eigenvalue weighted by Crippen LogP contribution is 2.30. The number of nitrogens with one attached hydrogen (secondary N) is 1. The molecule has 0 fully saturated rings. The third-order valence-electron chi connectivity index (χ3n) is 3.09. The van der Waals surface area contributed by atoms with Crippen molar-refractivity contribution in [3.8, 4) is 11.4 Å². The van der Waals surface area contributed by atoms with Gasteiger partial charge in [0, 0.05) is 43.8 Å². The molecule has 5 nitrogen and oxygen atoms in total. The summed E-state index contributed by atoms with van der Waals surface area (Å²) in [5.41, 5.74) is -0.570. The molecule has 0 bridgehead atoms. The van der Waals surface area contributed by atoms with Gasteiger partial charge in [-0.25, -0.2) is 9.97 Å². The van der Waals surface area contributed by atoms with Crippen LogP contribution in [0.3, 0.4) is 0 Å². The van der Waals surface area contributed by atoms with Crippen molar-refractivity contribution in [3.05, 3.63) is 36.3 Å². The zero-order valence-corrected chi connectivity index (χ0v) is 12.8. The van der Waals surface area contributed by atoms with Gasteiger partial charge in [0.05, 0.1) is 0 Å². The van der Waals surface area contributed by atoms with Gasteiger partial charge in [0.15, 0.2) is 11.5 Å². The summed E-state index contributed by atoms with van der Waals surface area (Å²) in [6.07, 6.45) is -0.951. The van der Waals surface area contributed by atoms with Crippen molar-refractivity contribution in [1.29, 1.82) is 0 Å². The van der Waals surface area contributed by atoms with Gasteiger partial charge < -0.3 is 10.1 Å². The Kier molecular flexibility index (Phi) is 5.49. The number of pyridine rings is 1. The number of methoxy groups -OCH3 is 1. The van der Waals surface area contributed by atoms with Crippen LogP contribution in [0, 0.1) is 0 Å². The van der Waals surface area contributed by atoms with Crippen molar-refractivity contribution in [3.63, 3.8) is 0 Å². The molecule has 2 rings (SSSR count). The molecule has 1 N–H and O–H groups in total. The number of hydrogen-bond donors (Lipinski definition) is 1. The van der Waals surface area contributed by atoms with Crippen LogP contribution >= 0.6 is 0 Å². The first-order chi connectivity index (χ1) is 10.9. The molecule has 23 heavy (non-hydrogen) atoms. The molecule has 0 aromatic carbocycles. The van der Waals surface area contributed by atoms with Gasteiger partial charge in [0.25, 0.3) is 0 Å². The molecule has 0 radical (unpaired) electrons. The lowest BCUT2D eigenvalue weighted by molar-refractivity contribution is -0.141.